The Morgan fingerprint density at radius 2 is 1.13 bits per heavy atom. The van der Waals surface area contributed by atoms with E-state index in [9.17, 15) is 0 Å². The van der Waals surface area contributed by atoms with Crippen LogP contribution in [0.15, 0.2) is 48.5 Å². The first-order chi connectivity index (χ1) is 15.3. The van der Waals surface area contributed by atoms with Crippen molar-refractivity contribution in [1.29, 1.82) is 0 Å². The highest BCUT2D eigenvalue weighted by molar-refractivity contribution is 5.64. The van der Waals surface area contributed by atoms with Crippen LogP contribution in [0.1, 0.15) is 121 Å². The van der Waals surface area contributed by atoms with Gasteiger partial charge in [-0.25, -0.2) is 0 Å². The Morgan fingerprint density at radius 3 is 1.74 bits per heavy atom. The van der Waals surface area contributed by atoms with Crippen LogP contribution in [0.2, 0.25) is 0 Å². The average molecular weight is 419 g/mol. The number of benzene rings is 2. The second-order valence-electron chi connectivity index (χ2n) is 10.1. The van der Waals surface area contributed by atoms with Crippen LogP contribution in [-0.2, 0) is 6.42 Å². The van der Waals surface area contributed by atoms with Crippen molar-refractivity contribution in [1.82, 2.24) is 0 Å². The zero-order valence-electron chi connectivity index (χ0n) is 20.4. The molecule has 2 aromatic carbocycles. The zero-order valence-corrected chi connectivity index (χ0v) is 20.4. The topological polar surface area (TPSA) is 0 Å². The summed E-state index contributed by atoms with van der Waals surface area (Å²) in [5.41, 5.74) is 5.75. The molecule has 0 N–H and O–H groups in total. The van der Waals surface area contributed by atoms with Crippen molar-refractivity contribution in [3.8, 4) is 11.1 Å². The maximum absolute atomic E-state index is 2.40. The van der Waals surface area contributed by atoms with Crippen LogP contribution in [0.25, 0.3) is 11.1 Å². The maximum atomic E-state index is 2.40. The first-order valence-electron chi connectivity index (χ1n) is 13.5. The molecule has 0 atom stereocenters. The summed E-state index contributed by atoms with van der Waals surface area (Å²) in [6.07, 6.45) is 21.0. The number of aryl methyl sites for hydroxylation is 1. The summed E-state index contributed by atoms with van der Waals surface area (Å²) in [6, 6.07) is 18.7. The van der Waals surface area contributed by atoms with Crippen molar-refractivity contribution in [2.24, 2.45) is 5.92 Å². The molecule has 0 aliphatic heterocycles. The smallest absolute Gasteiger partial charge is 0.0162 e. The number of rotatable bonds is 13. The molecule has 31 heavy (non-hydrogen) atoms. The van der Waals surface area contributed by atoms with Gasteiger partial charge in [0.1, 0.15) is 0 Å². The van der Waals surface area contributed by atoms with Gasteiger partial charge in [0.2, 0.25) is 0 Å². The van der Waals surface area contributed by atoms with Gasteiger partial charge >= 0.3 is 0 Å². The van der Waals surface area contributed by atoms with Gasteiger partial charge in [-0.1, -0.05) is 120 Å². The third-order valence-electron chi connectivity index (χ3n) is 7.55. The molecule has 1 aliphatic carbocycles. The van der Waals surface area contributed by atoms with E-state index in [1.807, 2.05) is 0 Å². The van der Waals surface area contributed by atoms with Gasteiger partial charge in [0.15, 0.2) is 0 Å². The highest BCUT2D eigenvalue weighted by Gasteiger charge is 2.22. The lowest BCUT2D eigenvalue weighted by Gasteiger charge is -2.29. The second kappa shape index (κ2) is 13.8. The Kier molecular flexibility index (Phi) is 10.7. The van der Waals surface area contributed by atoms with Crippen molar-refractivity contribution in [3.63, 3.8) is 0 Å². The molecule has 0 unspecified atom stereocenters. The Balaban J connectivity index is 1.39. The molecule has 0 bridgehead atoms. The van der Waals surface area contributed by atoms with Crippen LogP contribution >= 0.6 is 0 Å². The molecule has 1 aliphatic rings. The van der Waals surface area contributed by atoms with Crippen molar-refractivity contribution >= 4 is 0 Å². The lowest BCUT2D eigenvalue weighted by molar-refractivity contribution is 0.302. The number of hydrogen-bond donors (Lipinski definition) is 0. The Bertz CT molecular complexity index is 701. The minimum Gasteiger partial charge on any atom is -0.0654 e. The Labute approximate surface area is 192 Å². The van der Waals surface area contributed by atoms with Gasteiger partial charge in [0.05, 0.1) is 0 Å². The van der Waals surface area contributed by atoms with Gasteiger partial charge in [-0.15, -0.1) is 0 Å². The molecular weight excluding hydrogens is 372 g/mol. The molecule has 1 saturated carbocycles. The van der Waals surface area contributed by atoms with Gasteiger partial charge < -0.3 is 0 Å². The molecule has 0 radical (unpaired) electrons. The zero-order chi connectivity index (χ0) is 21.7. The quantitative estimate of drug-likeness (QED) is 0.284. The van der Waals surface area contributed by atoms with E-state index >= 15 is 0 Å². The van der Waals surface area contributed by atoms with E-state index < -0.39 is 0 Å². The fraction of sp³-hybridized carbons (Fsp3) is 0.613. The van der Waals surface area contributed by atoms with Gasteiger partial charge in [-0.05, 0) is 72.6 Å². The van der Waals surface area contributed by atoms with Crippen LogP contribution in [-0.4, -0.2) is 0 Å². The molecule has 2 aromatic rings. The SMILES string of the molecule is CCCCCCCCCC1CCC(c2ccc(-c3ccc(CCCC)cc3)cc2)CC1. The number of unbranched alkanes of at least 4 members (excludes halogenated alkanes) is 7. The molecule has 0 saturated heterocycles. The van der Waals surface area contributed by atoms with Crippen LogP contribution in [0.5, 0.6) is 0 Å². The predicted octanol–water partition coefficient (Wildman–Crippen LogP) is 10.1. The van der Waals surface area contributed by atoms with Crippen LogP contribution < -0.4 is 0 Å². The number of hydrogen-bond acceptors (Lipinski definition) is 0. The molecule has 0 aromatic heterocycles. The summed E-state index contributed by atoms with van der Waals surface area (Å²) >= 11 is 0. The standard InChI is InChI=1S/C31H46/c1-3-5-7-8-9-10-11-13-27-16-20-29(21-17-27)31-24-22-30(23-25-31)28-18-14-26(15-19-28)12-6-4-2/h14-15,18-19,22-25,27,29H,3-13,16-17,20-21H2,1-2H3. The molecule has 170 valence electrons. The Morgan fingerprint density at radius 1 is 0.581 bits per heavy atom. The third-order valence-corrected chi connectivity index (χ3v) is 7.55. The van der Waals surface area contributed by atoms with E-state index in [4.69, 9.17) is 0 Å². The van der Waals surface area contributed by atoms with Crippen molar-refractivity contribution in [3.05, 3.63) is 59.7 Å². The maximum Gasteiger partial charge on any atom is -0.0162 e. The van der Waals surface area contributed by atoms with Crippen LogP contribution in [0.3, 0.4) is 0 Å². The van der Waals surface area contributed by atoms with Gasteiger partial charge in [-0.3, -0.25) is 0 Å². The minimum atomic E-state index is 0.788. The highest BCUT2D eigenvalue weighted by Crippen LogP contribution is 2.38. The molecule has 1 fully saturated rings. The summed E-state index contributed by atoms with van der Waals surface area (Å²) in [5, 5.41) is 0. The minimum absolute atomic E-state index is 0.788. The fourth-order valence-electron chi connectivity index (χ4n) is 5.37. The summed E-state index contributed by atoms with van der Waals surface area (Å²) in [5.74, 6) is 1.79. The first-order valence-corrected chi connectivity index (χ1v) is 13.5. The van der Waals surface area contributed by atoms with Gasteiger partial charge in [-0.2, -0.15) is 0 Å². The van der Waals surface area contributed by atoms with Crippen LogP contribution in [0.4, 0.5) is 0 Å². The van der Waals surface area contributed by atoms with Crippen molar-refractivity contribution < 1.29 is 0 Å². The molecule has 0 heterocycles. The lowest BCUT2D eigenvalue weighted by atomic mass is 9.77. The van der Waals surface area contributed by atoms with E-state index in [2.05, 4.69) is 62.4 Å². The molecule has 3 rings (SSSR count). The molecule has 0 amide bonds. The highest BCUT2D eigenvalue weighted by atomic mass is 14.3. The summed E-state index contributed by atoms with van der Waals surface area (Å²) in [7, 11) is 0. The van der Waals surface area contributed by atoms with E-state index in [0.717, 1.165) is 11.8 Å². The van der Waals surface area contributed by atoms with E-state index in [-0.39, 0.29) is 0 Å². The van der Waals surface area contributed by atoms with E-state index in [1.54, 1.807) is 5.56 Å². The molecular formula is C31H46. The summed E-state index contributed by atoms with van der Waals surface area (Å²) < 4.78 is 0. The molecule has 0 heteroatoms. The lowest BCUT2D eigenvalue weighted by Crippen LogP contribution is -2.13. The van der Waals surface area contributed by atoms with E-state index in [1.165, 1.54) is 113 Å². The normalized spacial score (nSPS) is 18.9. The average Bonchev–Trinajstić information content (AvgIpc) is 2.83. The Hall–Kier alpha value is -1.56. The van der Waals surface area contributed by atoms with Gasteiger partial charge in [0.25, 0.3) is 0 Å². The van der Waals surface area contributed by atoms with E-state index in [0.29, 0.717) is 0 Å². The first kappa shape index (κ1) is 24.1. The third kappa shape index (κ3) is 8.13. The second-order valence-corrected chi connectivity index (χ2v) is 10.1. The summed E-state index contributed by atoms with van der Waals surface area (Å²) in [4.78, 5) is 0. The largest absolute Gasteiger partial charge is 0.0654 e. The molecule has 0 nitrogen and oxygen atoms in total. The van der Waals surface area contributed by atoms with Crippen molar-refractivity contribution in [2.75, 3.05) is 0 Å². The van der Waals surface area contributed by atoms with Gasteiger partial charge in [0, 0.05) is 0 Å². The van der Waals surface area contributed by atoms with Crippen molar-refractivity contribution in [2.45, 2.75) is 116 Å². The predicted molar refractivity (Wildman–Crippen MR) is 138 cm³/mol. The monoisotopic (exact) mass is 418 g/mol. The van der Waals surface area contributed by atoms with Crippen LogP contribution in [0, 0.1) is 5.92 Å². The summed E-state index contributed by atoms with van der Waals surface area (Å²) in [6.45, 7) is 4.57. The molecule has 0 spiro atoms. The fourth-order valence-corrected chi connectivity index (χ4v) is 5.37.